The third kappa shape index (κ3) is 5.81. The van der Waals surface area contributed by atoms with Gasteiger partial charge in [0, 0.05) is 5.56 Å². The summed E-state index contributed by atoms with van der Waals surface area (Å²) < 4.78 is 47.2. The number of aryl methyl sites for hydroxylation is 1. The Hall–Kier alpha value is -3.48. The van der Waals surface area contributed by atoms with E-state index in [-0.39, 0.29) is 17.8 Å². The second-order valence-corrected chi connectivity index (χ2v) is 7.82. The molecule has 0 aromatic heterocycles. The van der Waals surface area contributed by atoms with Crippen molar-refractivity contribution in [3.05, 3.63) is 83.4 Å². The molecule has 0 aliphatic heterocycles. The van der Waals surface area contributed by atoms with Crippen LogP contribution in [0.4, 0.5) is 13.2 Å². The van der Waals surface area contributed by atoms with Crippen molar-refractivity contribution in [2.45, 2.75) is 33.2 Å². The molecule has 1 atom stereocenters. The first-order valence-corrected chi connectivity index (χ1v) is 10.1. The Morgan fingerprint density at radius 1 is 0.906 bits per heavy atom. The van der Waals surface area contributed by atoms with Crippen molar-refractivity contribution in [3.8, 4) is 22.6 Å². The third-order valence-corrected chi connectivity index (χ3v) is 4.99. The molecule has 3 aromatic rings. The molecular weight excluding hydrogens is 419 g/mol. The molecule has 0 fully saturated rings. The van der Waals surface area contributed by atoms with E-state index in [9.17, 15) is 18.0 Å². The molecule has 0 radical (unpaired) electrons. The molecule has 2 N–H and O–H groups in total. The highest BCUT2D eigenvalue weighted by Gasteiger charge is 2.31. The molecule has 0 saturated heterocycles. The van der Waals surface area contributed by atoms with Crippen LogP contribution in [0.1, 0.15) is 41.4 Å². The maximum atomic E-state index is 12.4. The number of halogens is 3. The molecular formula is C25H24F3NO3. The molecule has 168 valence electrons. The van der Waals surface area contributed by atoms with E-state index in [4.69, 9.17) is 10.5 Å². The fraction of sp³-hybridized carbons (Fsp3) is 0.240. The SMILES string of the molecule is Cc1cc(OC(c2ccc(C(N)=O)cc2)C(C)C)ccc1-c1ccc(OC(F)(F)F)cc1. The van der Waals surface area contributed by atoms with Crippen LogP contribution in [0.5, 0.6) is 11.5 Å². The van der Waals surface area contributed by atoms with Crippen LogP contribution in [0.2, 0.25) is 0 Å². The lowest BCUT2D eigenvalue weighted by Crippen LogP contribution is -2.16. The average molecular weight is 443 g/mol. The lowest BCUT2D eigenvalue weighted by Gasteiger charge is -2.24. The molecule has 3 aromatic carbocycles. The first-order valence-electron chi connectivity index (χ1n) is 10.1. The van der Waals surface area contributed by atoms with Crippen LogP contribution in [-0.4, -0.2) is 12.3 Å². The highest BCUT2D eigenvalue weighted by Crippen LogP contribution is 2.33. The lowest BCUT2D eigenvalue weighted by molar-refractivity contribution is -0.274. The molecule has 1 amide bonds. The Morgan fingerprint density at radius 2 is 1.50 bits per heavy atom. The summed E-state index contributed by atoms with van der Waals surface area (Å²) >= 11 is 0. The van der Waals surface area contributed by atoms with E-state index in [1.54, 1.807) is 24.3 Å². The Labute approximate surface area is 184 Å². The monoisotopic (exact) mass is 443 g/mol. The summed E-state index contributed by atoms with van der Waals surface area (Å²) in [5.41, 5.74) is 9.23. The van der Waals surface area contributed by atoms with Crippen LogP contribution in [0.25, 0.3) is 11.1 Å². The summed E-state index contributed by atoms with van der Waals surface area (Å²) in [5.74, 6) is 0.0836. The quantitative estimate of drug-likeness (QED) is 0.457. The fourth-order valence-corrected chi connectivity index (χ4v) is 3.44. The summed E-state index contributed by atoms with van der Waals surface area (Å²) in [6, 6.07) is 18.4. The normalized spacial score (nSPS) is 12.5. The zero-order chi connectivity index (χ0) is 23.5. The smallest absolute Gasteiger partial charge is 0.485 e. The minimum absolute atomic E-state index is 0.163. The Morgan fingerprint density at radius 3 is 2.00 bits per heavy atom. The molecule has 0 saturated carbocycles. The Balaban J connectivity index is 1.79. The fourth-order valence-electron chi connectivity index (χ4n) is 3.44. The molecule has 0 aliphatic rings. The van der Waals surface area contributed by atoms with Gasteiger partial charge in [-0.25, -0.2) is 0 Å². The van der Waals surface area contributed by atoms with E-state index < -0.39 is 12.3 Å². The van der Waals surface area contributed by atoms with Crippen molar-refractivity contribution in [1.29, 1.82) is 0 Å². The van der Waals surface area contributed by atoms with Gasteiger partial charge in [-0.2, -0.15) is 0 Å². The molecule has 1 unspecified atom stereocenters. The number of hydrogen-bond acceptors (Lipinski definition) is 3. The summed E-state index contributed by atoms with van der Waals surface area (Å²) in [4.78, 5) is 11.3. The topological polar surface area (TPSA) is 61.5 Å². The third-order valence-electron chi connectivity index (χ3n) is 4.99. The van der Waals surface area contributed by atoms with Crippen LogP contribution in [0.3, 0.4) is 0 Å². The predicted octanol–water partition coefficient (Wildman–Crippen LogP) is 6.44. The van der Waals surface area contributed by atoms with E-state index in [0.29, 0.717) is 11.3 Å². The molecule has 0 spiro atoms. The van der Waals surface area contributed by atoms with Gasteiger partial charge in [-0.15, -0.1) is 13.2 Å². The number of carbonyl (C=O) groups excluding carboxylic acids is 1. The minimum atomic E-state index is -4.72. The van der Waals surface area contributed by atoms with Gasteiger partial charge in [0.25, 0.3) is 0 Å². The van der Waals surface area contributed by atoms with Crippen LogP contribution in [-0.2, 0) is 0 Å². The molecule has 4 nitrogen and oxygen atoms in total. The average Bonchev–Trinajstić information content (AvgIpc) is 2.71. The van der Waals surface area contributed by atoms with Gasteiger partial charge in [0.05, 0.1) is 0 Å². The van der Waals surface area contributed by atoms with Gasteiger partial charge in [-0.1, -0.05) is 44.2 Å². The maximum Gasteiger partial charge on any atom is 0.573 e. The van der Waals surface area contributed by atoms with E-state index in [0.717, 1.165) is 22.3 Å². The molecule has 0 bridgehead atoms. The van der Waals surface area contributed by atoms with Gasteiger partial charge in [0.15, 0.2) is 0 Å². The molecule has 7 heteroatoms. The number of primary amides is 1. The standard InChI is InChI=1S/C25H24F3NO3/c1-15(2)23(18-4-6-19(7-5-18)24(29)30)31-21-12-13-22(16(3)14-21)17-8-10-20(11-9-17)32-25(26,27)28/h4-15,23H,1-3H3,(H2,29,30). The Bertz CT molecular complexity index is 1080. The van der Waals surface area contributed by atoms with Crippen LogP contribution in [0.15, 0.2) is 66.7 Å². The second-order valence-electron chi connectivity index (χ2n) is 7.82. The van der Waals surface area contributed by atoms with Crippen molar-refractivity contribution in [2.75, 3.05) is 0 Å². The van der Waals surface area contributed by atoms with Gasteiger partial charge in [0.1, 0.15) is 17.6 Å². The zero-order valence-electron chi connectivity index (χ0n) is 17.9. The first-order chi connectivity index (χ1) is 15.0. The predicted molar refractivity (Wildman–Crippen MR) is 116 cm³/mol. The number of benzene rings is 3. The van der Waals surface area contributed by atoms with Crippen molar-refractivity contribution in [3.63, 3.8) is 0 Å². The molecule has 0 heterocycles. The highest BCUT2D eigenvalue weighted by atomic mass is 19.4. The van der Waals surface area contributed by atoms with Crippen molar-refractivity contribution in [2.24, 2.45) is 11.7 Å². The van der Waals surface area contributed by atoms with Gasteiger partial charge >= 0.3 is 6.36 Å². The lowest BCUT2D eigenvalue weighted by atomic mass is 9.97. The van der Waals surface area contributed by atoms with Crippen LogP contribution < -0.4 is 15.2 Å². The summed E-state index contributed by atoms with van der Waals surface area (Å²) in [7, 11) is 0. The minimum Gasteiger partial charge on any atom is -0.485 e. The van der Waals surface area contributed by atoms with E-state index in [2.05, 4.69) is 4.74 Å². The molecule has 0 aliphatic carbocycles. The second kappa shape index (κ2) is 9.34. The van der Waals surface area contributed by atoms with Crippen molar-refractivity contribution < 1.29 is 27.4 Å². The molecule has 3 rings (SSSR count). The summed E-state index contributed by atoms with van der Waals surface area (Å²) in [5, 5.41) is 0. The van der Waals surface area contributed by atoms with Gasteiger partial charge in [-0.05, 0) is 71.5 Å². The van der Waals surface area contributed by atoms with E-state index in [1.807, 2.05) is 51.1 Å². The van der Waals surface area contributed by atoms with E-state index >= 15 is 0 Å². The van der Waals surface area contributed by atoms with Crippen LogP contribution in [0, 0.1) is 12.8 Å². The largest absolute Gasteiger partial charge is 0.573 e. The van der Waals surface area contributed by atoms with Crippen molar-refractivity contribution in [1.82, 2.24) is 0 Å². The first kappa shape index (κ1) is 23.2. The number of rotatable bonds is 7. The highest BCUT2D eigenvalue weighted by molar-refractivity contribution is 5.92. The van der Waals surface area contributed by atoms with Crippen LogP contribution >= 0.6 is 0 Å². The number of amides is 1. The Kier molecular flexibility index (Phi) is 6.77. The number of nitrogens with two attached hydrogens (primary N) is 1. The zero-order valence-corrected chi connectivity index (χ0v) is 17.9. The maximum absolute atomic E-state index is 12.4. The van der Waals surface area contributed by atoms with Gasteiger partial charge in [0.2, 0.25) is 5.91 Å². The number of carbonyl (C=O) groups is 1. The number of alkyl halides is 3. The van der Waals surface area contributed by atoms with Crippen molar-refractivity contribution >= 4 is 5.91 Å². The van der Waals surface area contributed by atoms with Gasteiger partial charge in [-0.3, -0.25) is 4.79 Å². The summed E-state index contributed by atoms with van der Waals surface area (Å²) in [6.45, 7) is 5.99. The van der Waals surface area contributed by atoms with Gasteiger partial charge < -0.3 is 15.2 Å². The molecule has 32 heavy (non-hydrogen) atoms. The summed E-state index contributed by atoms with van der Waals surface area (Å²) in [6.07, 6.45) is -4.95. The number of hydrogen-bond donors (Lipinski definition) is 1. The number of ether oxygens (including phenoxy) is 2. The van der Waals surface area contributed by atoms with E-state index in [1.165, 1.54) is 12.1 Å².